The summed E-state index contributed by atoms with van der Waals surface area (Å²) in [7, 11) is 3.47. The van der Waals surface area contributed by atoms with Crippen molar-refractivity contribution in [3.8, 4) is 11.5 Å². The maximum absolute atomic E-state index is 5.60. The van der Waals surface area contributed by atoms with Crippen molar-refractivity contribution in [1.82, 2.24) is 10.2 Å². The number of benzene rings is 1. The molecule has 1 aromatic rings. The number of nitrogens with one attached hydrogen (secondary N) is 1. The molecule has 1 aliphatic heterocycles. The van der Waals surface area contributed by atoms with Crippen LogP contribution in [0.1, 0.15) is 37.8 Å². The minimum Gasteiger partial charge on any atom is -0.497 e. The second-order valence-corrected chi connectivity index (χ2v) is 5.55. The molecule has 0 bridgehead atoms. The van der Waals surface area contributed by atoms with Gasteiger partial charge in [-0.25, -0.2) is 0 Å². The van der Waals surface area contributed by atoms with Gasteiger partial charge in [-0.2, -0.15) is 0 Å². The van der Waals surface area contributed by atoms with Crippen molar-refractivity contribution in [3.05, 3.63) is 23.8 Å². The van der Waals surface area contributed by atoms with Gasteiger partial charge in [0.05, 0.1) is 14.2 Å². The van der Waals surface area contributed by atoms with E-state index in [1.165, 1.54) is 24.8 Å². The third-order valence-corrected chi connectivity index (χ3v) is 4.22. The van der Waals surface area contributed by atoms with Crippen LogP contribution in [0.2, 0.25) is 0 Å². The Morgan fingerprint density at radius 2 is 1.83 bits per heavy atom. The van der Waals surface area contributed by atoms with Crippen molar-refractivity contribution in [2.45, 2.75) is 32.2 Å². The van der Waals surface area contributed by atoms with E-state index in [9.17, 15) is 0 Å². The summed E-state index contributed by atoms with van der Waals surface area (Å²) in [5, 5.41) is 3.43. The van der Waals surface area contributed by atoms with E-state index in [2.05, 4.69) is 23.2 Å². The Balaban J connectivity index is 0.00000242. The molecule has 2 rings (SSSR count). The van der Waals surface area contributed by atoms with Crippen LogP contribution in [0.25, 0.3) is 0 Å². The Morgan fingerprint density at radius 1 is 1.13 bits per heavy atom. The van der Waals surface area contributed by atoms with Gasteiger partial charge in [-0.3, -0.25) is 4.90 Å². The van der Waals surface area contributed by atoms with E-state index in [4.69, 9.17) is 9.47 Å². The summed E-state index contributed by atoms with van der Waals surface area (Å²) in [4.78, 5) is 2.57. The van der Waals surface area contributed by atoms with Crippen molar-refractivity contribution in [1.29, 1.82) is 0 Å². The minimum absolute atomic E-state index is 0. The highest BCUT2D eigenvalue weighted by atomic mass is 35.5. The molecule has 1 fully saturated rings. The highest BCUT2D eigenvalue weighted by molar-refractivity contribution is 5.85. The molecule has 0 aromatic heterocycles. The second-order valence-electron chi connectivity index (χ2n) is 5.55. The van der Waals surface area contributed by atoms with Crippen molar-refractivity contribution in [2.24, 2.45) is 0 Å². The predicted octanol–water partition coefficient (Wildman–Crippen LogP) is 3.68. The first-order valence-electron chi connectivity index (χ1n) is 7.96. The van der Waals surface area contributed by atoms with Crippen LogP contribution < -0.4 is 14.8 Å². The fourth-order valence-corrected chi connectivity index (χ4v) is 3.03. The molecule has 6 heteroatoms. The van der Waals surface area contributed by atoms with Crippen LogP contribution in [0, 0.1) is 0 Å². The first-order valence-corrected chi connectivity index (χ1v) is 7.96. The zero-order chi connectivity index (χ0) is 15.1. The summed E-state index contributed by atoms with van der Waals surface area (Å²) in [5.74, 6) is 1.87. The molecule has 23 heavy (non-hydrogen) atoms. The van der Waals surface area contributed by atoms with Gasteiger partial charge in [0.25, 0.3) is 0 Å². The third-order valence-electron chi connectivity index (χ3n) is 4.22. The molecule has 134 valence electrons. The molecule has 4 nitrogen and oxygen atoms in total. The lowest BCUT2D eigenvalue weighted by molar-refractivity contribution is 0.160. The number of halogens is 2. The Morgan fingerprint density at radius 3 is 2.39 bits per heavy atom. The van der Waals surface area contributed by atoms with Crippen molar-refractivity contribution in [3.63, 3.8) is 0 Å². The lowest BCUT2D eigenvalue weighted by atomic mass is 9.97. The molecule has 0 amide bonds. The Hall–Kier alpha value is -0.680. The van der Waals surface area contributed by atoms with Gasteiger partial charge in [0.1, 0.15) is 11.5 Å². The summed E-state index contributed by atoms with van der Waals surface area (Å²) in [6.07, 6.45) is 3.61. The molecule has 1 N–H and O–H groups in total. The number of piperazine rings is 1. The summed E-state index contributed by atoms with van der Waals surface area (Å²) < 4.78 is 11.0. The Kier molecular flexibility index (Phi) is 11.4. The molecule has 0 spiro atoms. The number of unbranched alkanes of at least 4 members (excludes halogenated alkanes) is 1. The first kappa shape index (κ1) is 22.3. The van der Waals surface area contributed by atoms with Gasteiger partial charge >= 0.3 is 0 Å². The molecule has 1 saturated heterocycles. The first-order chi connectivity index (χ1) is 10.3. The molecule has 0 aliphatic carbocycles. The lowest BCUT2D eigenvalue weighted by Gasteiger charge is -2.36. The number of rotatable bonds is 7. The lowest BCUT2D eigenvalue weighted by Crippen LogP contribution is -2.45. The molecule has 0 saturated carbocycles. The van der Waals surface area contributed by atoms with Crippen molar-refractivity contribution in [2.75, 3.05) is 40.4 Å². The van der Waals surface area contributed by atoms with Gasteiger partial charge in [0, 0.05) is 37.8 Å². The topological polar surface area (TPSA) is 33.7 Å². The number of nitrogens with zero attached hydrogens (tertiary/aromatic N) is 1. The van der Waals surface area contributed by atoms with Gasteiger partial charge in [-0.05, 0) is 24.6 Å². The normalized spacial score (nSPS) is 16.0. The standard InChI is InChI=1S/C17H28N2O2.2ClH/c1-4-5-6-16(19-11-9-18-10-12-19)15-13-14(20-2)7-8-17(15)21-3;;/h7-8,13,16,18H,4-6,9-12H2,1-3H3;2*1H/t16-;;/m0../s1. The molecular formula is C17H30Cl2N2O2. The van der Waals surface area contributed by atoms with Gasteiger partial charge in [0.2, 0.25) is 0 Å². The highest BCUT2D eigenvalue weighted by Crippen LogP contribution is 2.35. The molecule has 1 aromatic carbocycles. The zero-order valence-corrected chi connectivity index (χ0v) is 16.0. The molecule has 1 aliphatic rings. The monoisotopic (exact) mass is 364 g/mol. The fourth-order valence-electron chi connectivity index (χ4n) is 3.03. The van der Waals surface area contributed by atoms with Gasteiger partial charge in [-0.15, -0.1) is 24.8 Å². The van der Waals surface area contributed by atoms with E-state index in [0.29, 0.717) is 6.04 Å². The second kappa shape index (κ2) is 11.8. The quantitative estimate of drug-likeness (QED) is 0.799. The smallest absolute Gasteiger partial charge is 0.123 e. The maximum Gasteiger partial charge on any atom is 0.123 e. The summed E-state index contributed by atoms with van der Waals surface area (Å²) in [5.41, 5.74) is 1.26. The number of hydrogen-bond acceptors (Lipinski definition) is 4. The van der Waals surface area contributed by atoms with Gasteiger partial charge < -0.3 is 14.8 Å². The van der Waals surface area contributed by atoms with E-state index in [0.717, 1.165) is 37.7 Å². The Labute approximate surface area is 152 Å². The van der Waals surface area contributed by atoms with Gasteiger partial charge in [0.15, 0.2) is 0 Å². The average Bonchev–Trinajstić information content (AvgIpc) is 2.56. The van der Waals surface area contributed by atoms with Crippen LogP contribution in [-0.4, -0.2) is 45.3 Å². The van der Waals surface area contributed by atoms with E-state index in [-0.39, 0.29) is 24.8 Å². The van der Waals surface area contributed by atoms with E-state index < -0.39 is 0 Å². The molecule has 1 heterocycles. The molecular weight excluding hydrogens is 335 g/mol. The van der Waals surface area contributed by atoms with E-state index in [1.54, 1.807) is 14.2 Å². The predicted molar refractivity (Wildman–Crippen MR) is 101 cm³/mol. The van der Waals surface area contributed by atoms with Crippen LogP contribution in [0.3, 0.4) is 0 Å². The highest BCUT2D eigenvalue weighted by Gasteiger charge is 2.24. The van der Waals surface area contributed by atoms with Crippen LogP contribution in [-0.2, 0) is 0 Å². The maximum atomic E-state index is 5.60. The number of methoxy groups -OCH3 is 2. The Bertz CT molecular complexity index is 441. The van der Waals surface area contributed by atoms with Crippen LogP contribution >= 0.6 is 24.8 Å². The summed E-state index contributed by atoms with van der Waals surface area (Å²) in [6, 6.07) is 6.55. The van der Waals surface area contributed by atoms with Crippen LogP contribution in [0.5, 0.6) is 11.5 Å². The SMILES string of the molecule is CCCC[C@@H](c1cc(OC)ccc1OC)N1CCNCC1.Cl.Cl. The van der Waals surface area contributed by atoms with E-state index in [1.807, 2.05) is 12.1 Å². The molecule has 0 radical (unpaired) electrons. The largest absolute Gasteiger partial charge is 0.497 e. The van der Waals surface area contributed by atoms with Gasteiger partial charge in [-0.1, -0.05) is 19.8 Å². The van der Waals surface area contributed by atoms with Crippen molar-refractivity contribution >= 4 is 24.8 Å². The summed E-state index contributed by atoms with van der Waals surface area (Å²) >= 11 is 0. The molecule has 0 unspecified atom stereocenters. The van der Waals surface area contributed by atoms with Crippen molar-refractivity contribution < 1.29 is 9.47 Å². The number of hydrogen-bond donors (Lipinski definition) is 1. The number of ether oxygens (including phenoxy) is 2. The molecule has 1 atom stereocenters. The zero-order valence-electron chi connectivity index (χ0n) is 14.3. The average molecular weight is 365 g/mol. The van der Waals surface area contributed by atoms with E-state index >= 15 is 0 Å². The van der Waals surface area contributed by atoms with Crippen LogP contribution in [0.4, 0.5) is 0 Å². The summed E-state index contributed by atoms with van der Waals surface area (Å²) in [6.45, 7) is 6.56. The fraction of sp³-hybridized carbons (Fsp3) is 0.647. The minimum atomic E-state index is 0. The van der Waals surface area contributed by atoms with Crippen LogP contribution in [0.15, 0.2) is 18.2 Å². The third kappa shape index (κ3) is 6.03.